The molecule has 0 radical (unpaired) electrons. The summed E-state index contributed by atoms with van der Waals surface area (Å²) in [5.74, 6) is 0. The van der Waals surface area contributed by atoms with Gasteiger partial charge in [0.25, 0.3) is 0 Å². The van der Waals surface area contributed by atoms with Gasteiger partial charge < -0.3 is 0 Å². The minimum absolute atomic E-state index is 0.194. The summed E-state index contributed by atoms with van der Waals surface area (Å²) >= 11 is 0. The molecule has 1 heterocycles. The van der Waals surface area contributed by atoms with Crippen LogP contribution in [-0.2, 0) is 10.8 Å². The second-order valence-electron chi connectivity index (χ2n) is 9.06. The lowest BCUT2D eigenvalue weighted by molar-refractivity contribution is 0.404. The maximum Gasteiger partial charge on any atom is 0.0780 e. The molecular formula is C24H27N. The van der Waals surface area contributed by atoms with Gasteiger partial charge in [-0.3, -0.25) is 4.98 Å². The minimum Gasteiger partial charge on any atom is -0.256 e. The van der Waals surface area contributed by atoms with E-state index < -0.39 is 0 Å². The Hall–Kier alpha value is -2.15. The number of hydrogen-bond donors (Lipinski definition) is 0. The van der Waals surface area contributed by atoms with Crippen LogP contribution in [0.25, 0.3) is 22.0 Å². The SMILES string of the molecule is Cc1cc(C)cc(-c2nccc3c4c(ccc23)C(C)(C)CC4(C)C)c1. The molecule has 25 heavy (non-hydrogen) atoms. The fourth-order valence-corrected chi connectivity index (χ4v) is 5.18. The average Bonchev–Trinajstić information content (AvgIpc) is 2.70. The van der Waals surface area contributed by atoms with Gasteiger partial charge in [-0.1, -0.05) is 57.0 Å². The van der Waals surface area contributed by atoms with Crippen LogP contribution in [0.15, 0.2) is 42.6 Å². The smallest absolute Gasteiger partial charge is 0.0780 e. The fourth-order valence-electron chi connectivity index (χ4n) is 5.18. The van der Waals surface area contributed by atoms with Crippen LogP contribution >= 0.6 is 0 Å². The van der Waals surface area contributed by atoms with Crippen molar-refractivity contribution in [2.45, 2.75) is 58.8 Å². The Morgan fingerprint density at radius 1 is 0.800 bits per heavy atom. The largest absolute Gasteiger partial charge is 0.256 e. The number of fused-ring (bicyclic) bond motifs is 3. The van der Waals surface area contributed by atoms with Crippen LogP contribution in [0.2, 0.25) is 0 Å². The number of aryl methyl sites for hydroxylation is 2. The second kappa shape index (κ2) is 5.17. The highest BCUT2D eigenvalue weighted by molar-refractivity contribution is 5.98. The highest BCUT2D eigenvalue weighted by atomic mass is 14.7. The lowest BCUT2D eigenvalue weighted by Gasteiger charge is -2.23. The lowest BCUT2D eigenvalue weighted by Crippen LogP contribution is -2.18. The van der Waals surface area contributed by atoms with Crippen LogP contribution in [0.1, 0.15) is 56.4 Å². The molecule has 0 aliphatic heterocycles. The van der Waals surface area contributed by atoms with Crippen molar-refractivity contribution in [1.82, 2.24) is 4.98 Å². The molecule has 1 aliphatic rings. The summed E-state index contributed by atoms with van der Waals surface area (Å²) < 4.78 is 0. The summed E-state index contributed by atoms with van der Waals surface area (Å²) in [5.41, 5.74) is 8.35. The number of pyridine rings is 1. The van der Waals surface area contributed by atoms with E-state index >= 15 is 0 Å². The van der Waals surface area contributed by atoms with Gasteiger partial charge in [-0.25, -0.2) is 0 Å². The van der Waals surface area contributed by atoms with Crippen molar-refractivity contribution >= 4 is 10.8 Å². The van der Waals surface area contributed by atoms with E-state index in [1.807, 2.05) is 6.20 Å². The number of hydrogen-bond acceptors (Lipinski definition) is 1. The Kier molecular flexibility index (Phi) is 3.38. The van der Waals surface area contributed by atoms with E-state index in [-0.39, 0.29) is 10.8 Å². The van der Waals surface area contributed by atoms with E-state index in [1.165, 1.54) is 45.0 Å². The molecular weight excluding hydrogens is 302 g/mol. The van der Waals surface area contributed by atoms with Gasteiger partial charge in [0.15, 0.2) is 0 Å². The van der Waals surface area contributed by atoms with E-state index in [2.05, 4.69) is 77.9 Å². The van der Waals surface area contributed by atoms with Crippen LogP contribution in [0.3, 0.4) is 0 Å². The Bertz CT molecular complexity index is 972. The Balaban J connectivity index is 2.05. The van der Waals surface area contributed by atoms with Crippen LogP contribution in [-0.4, -0.2) is 4.98 Å². The van der Waals surface area contributed by atoms with Crippen molar-refractivity contribution in [1.29, 1.82) is 0 Å². The van der Waals surface area contributed by atoms with Gasteiger partial charge in [-0.05, 0) is 65.8 Å². The first-order valence-corrected chi connectivity index (χ1v) is 9.20. The highest BCUT2D eigenvalue weighted by Crippen LogP contribution is 2.52. The van der Waals surface area contributed by atoms with E-state index in [1.54, 1.807) is 0 Å². The van der Waals surface area contributed by atoms with Crippen molar-refractivity contribution in [2.75, 3.05) is 0 Å². The molecule has 1 heteroatoms. The van der Waals surface area contributed by atoms with Crippen molar-refractivity contribution in [3.05, 3.63) is 64.8 Å². The zero-order chi connectivity index (χ0) is 18.0. The highest BCUT2D eigenvalue weighted by Gasteiger charge is 2.42. The quantitative estimate of drug-likeness (QED) is 0.498. The Morgan fingerprint density at radius 3 is 2.16 bits per heavy atom. The van der Waals surface area contributed by atoms with Crippen molar-refractivity contribution < 1.29 is 0 Å². The monoisotopic (exact) mass is 329 g/mol. The summed E-state index contributed by atoms with van der Waals surface area (Å²) in [4.78, 5) is 4.77. The molecule has 0 saturated heterocycles. The summed E-state index contributed by atoms with van der Waals surface area (Å²) in [7, 11) is 0. The molecule has 0 saturated carbocycles. The third-order valence-corrected chi connectivity index (χ3v) is 5.73. The van der Waals surface area contributed by atoms with E-state index in [0.717, 1.165) is 5.69 Å². The third kappa shape index (κ3) is 2.49. The Labute approximate surface area is 151 Å². The number of aromatic nitrogens is 1. The first kappa shape index (κ1) is 16.3. The molecule has 0 bridgehead atoms. The van der Waals surface area contributed by atoms with Gasteiger partial charge >= 0.3 is 0 Å². The van der Waals surface area contributed by atoms with Crippen LogP contribution in [0, 0.1) is 13.8 Å². The van der Waals surface area contributed by atoms with Gasteiger partial charge in [0, 0.05) is 17.1 Å². The molecule has 0 amide bonds. The van der Waals surface area contributed by atoms with Crippen molar-refractivity contribution in [3.8, 4) is 11.3 Å². The topological polar surface area (TPSA) is 12.9 Å². The van der Waals surface area contributed by atoms with Crippen molar-refractivity contribution in [3.63, 3.8) is 0 Å². The molecule has 4 rings (SSSR count). The maximum absolute atomic E-state index is 4.77. The molecule has 0 fully saturated rings. The zero-order valence-corrected chi connectivity index (χ0v) is 16.2. The first-order chi connectivity index (χ1) is 11.7. The zero-order valence-electron chi connectivity index (χ0n) is 16.2. The number of benzene rings is 2. The van der Waals surface area contributed by atoms with Gasteiger partial charge in [-0.2, -0.15) is 0 Å². The molecule has 0 N–H and O–H groups in total. The molecule has 1 aromatic heterocycles. The van der Waals surface area contributed by atoms with E-state index in [9.17, 15) is 0 Å². The van der Waals surface area contributed by atoms with Gasteiger partial charge in [-0.15, -0.1) is 0 Å². The predicted octanol–water partition coefficient (Wildman–Crippen LogP) is 6.48. The average molecular weight is 329 g/mol. The minimum atomic E-state index is 0.194. The summed E-state index contributed by atoms with van der Waals surface area (Å²) in [6, 6.07) is 13.6. The van der Waals surface area contributed by atoms with Gasteiger partial charge in [0.05, 0.1) is 5.69 Å². The maximum atomic E-state index is 4.77. The fraction of sp³-hybridized carbons (Fsp3) is 0.375. The molecule has 2 aromatic carbocycles. The Morgan fingerprint density at radius 2 is 1.48 bits per heavy atom. The molecule has 1 nitrogen and oxygen atoms in total. The van der Waals surface area contributed by atoms with Crippen molar-refractivity contribution in [2.24, 2.45) is 0 Å². The van der Waals surface area contributed by atoms with Gasteiger partial charge in [0.1, 0.15) is 0 Å². The standard InChI is InChI=1S/C24H27N/c1-15-11-16(2)13-17(12-15)22-19-7-8-20-21(18(19)9-10-25-22)24(5,6)14-23(20,3)4/h7-13H,14H2,1-6H3. The lowest BCUT2D eigenvalue weighted by atomic mass is 9.81. The molecule has 128 valence electrons. The van der Waals surface area contributed by atoms with E-state index in [0.29, 0.717) is 0 Å². The number of rotatable bonds is 1. The molecule has 1 aliphatic carbocycles. The molecule has 0 spiro atoms. The second-order valence-corrected chi connectivity index (χ2v) is 9.06. The van der Waals surface area contributed by atoms with Crippen LogP contribution in [0.4, 0.5) is 0 Å². The molecule has 0 atom stereocenters. The number of nitrogens with zero attached hydrogens (tertiary/aromatic N) is 1. The summed E-state index contributed by atoms with van der Waals surface area (Å²) in [5, 5.41) is 2.65. The summed E-state index contributed by atoms with van der Waals surface area (Å²) in [6.07, 6.45) is 3.17. The van der Waals surface area contributed by atoms with Gasteiger partial charge in [0.2, 0.25) is 0 Å². The van der Waals surface area contributed by atoms with Crippen LogP contribution < -0.4 is 0 Å². The first-order valence-electron chi connectivity index (χ1n) is 9.20. The molecule has 0 unspecified atom stereocenters. The third-order valence-electron chi connectivity index (χ3n) is 5.73. The predicted molar refractivity (Wildman–Crippen MR) is 107 cm³/mol. The summed E-state index contributed by atoms with van der Waals surface area (Å²) in [6.45, 7) is 13.8. The molecule has 3 aromatic rings. The normalized spacial score (nSPS) is 17.7. The van der Waals surface area contributed by atoms with Crippen LogP contribution in [0.5, 0.6) is 0 Å². The van der Waals surface area contributed by atoms with E-state index in [4.69, 9.17) is 4.98 Å².